The Hall–Kier alpha value is -2.83. The van der Waals surface area contributed by atoms with Crippen molar-refractivity contribution in [2.24, 2.45) is 5.92 Å². The molecule has 2 N–H and O–H groups in total. The van der Waals surface area contributed by atoms with Gasteiger partial charge in [-0.15, -0.1) is 0 Å². The second kappa shape index (κ2) is 8.46. The zero-order valence-corrected chi connectivity index (χ0v) is 15.5. The first-order chi connectivity index (χ1) is 13.3. The lowest BCUT2D eigenvalue weighted by Gasteiger charge is -2.16. The molecule has 0 atom stereocenters. The highest BCUT2D eigenvalue weighted by Crippen LogP contribution is 2.29. The summed E-state index contributed by atoms with van der Waals surface area (Å²) in [5.41, 5.74) is 0.934. The average Bonchev–Trinajstić information content (AvgIpc) is 3.19. The Morgan fingerprint density at radius 2 is 1.64 bits per heavy atom. The number of hydrogen-bond donors (Lipinski definition) is 2. The highest BCUT2D eigenvalue weighted by atomic mass is 19.2. The fraction of sp³-hybridized carbons (Fsp3) is 0.333. The zero-order valence-electron chi connectivity index (χ0n) is 15.5. The maximum Gasteiger partial charge on any atom is 0.229 e. The monoisotopic (exact) mass is 390 g/mol. The number of benzene rings is 2. The first-order valence-corrected chi connectivity index (χ1v) is 9.19. The van der Waals surface area contributed by atoms with Crippen molar-refractivity contribution < 1.29 is 22.8 Å². The molecule has 2 aromatic rings. The van der Waals surface area contributed by atoms with Crippen molar-refractivity contribution in [2.45, 2.75) is 39.0 Å². The first kappa shape index (κ1) is 19.9. The molecule has 1 fully saturated rings. The van der Waals surface area contributed by atoms with Crippen LogP contribution in [-0.2, 0) is 16.0 Å². The Balaban J connectivity index is 1.76. The SMILES string of the molecule is Cc1ccc(NC(=O)C2CCCC2)c(NC(=O)Cc2c(F)ccc(F)c2F)c1. The van der Waals surface area contributed by atoms with Crippen molar-refractivity contribution in [1.82, 2.24) is 0 Å². The van der Waals surface area contributed by atoms with Crippen molar-refractivity contribution in [3.05, 3.63) is 58.9 Å². The standard InChI is InChI=1S/C21H21F3N2O2/c1-12-6-9-17(26-21(28)13-4-2-3-5-13)18(10-12)25-19(27)11-14-15(22)7-8-16(23)20(14)24/h6-10,13H,2-5,11H2,1H3,(H,25,27)(H,26,28). The van der Waals surface area contributed by atoms with E-state index in [0.717, 1.165) is 37.3 Å². The number of aryl methyl sites for hydroxylation is 1. The van der Waals surface area contributed by atoms with Gasteiger partial charge in [-0.3, -0.25) is 9.59 Å². The molecule has 0 radical (unpaired) electrons. The largest absolute Gasteiger partial charge is 0.324 e. The molecule has 7 heteroatoms. The number of nitrogens with one attached hydrogen (secondary N) is 2. The molecule has 1 aliphatic carbocycles. The summed E-state index contributed by atoms with van der Waals surface area (Å²) in [6, 6.07) is 6.55. The molecule has 148 valence electrons. The summed E-state index contributed by atoms with van der Waals surface area (Å²) >= 11 is 0. The van der Waals surface area contributed by atoms with Crippen molar-refractivity contribution in [3.8, 4) is 0 Å². The summed E-state index contributed by atoms with van der Waals surface area (Å²) in [4.78, 5) is 24.7. The van der Waals surface area contributed by atoms with Crippen molar-refractivity contribution in [1.29, 1.82) is 0 Å². The lowest BCUT2D eigenvalue weighted by Crippen LogP contribution is -2.22. The molecule has 0 aromatic heterocycles. The van der Waals surface area contributed by atoms with E-state index < -0.39 is 35.3 Å². The molecular formula is C21H21F3N2O2. The summed E-state index contributed by atoms with van der Waals surface area (Å²) in [6.07, 6.45) is 3.02. The van der Waals surface area contributed by atoms with Crippen LogP contribution in [0.5, 0.6) is 0 Å². The maximum atomic E-state index is 13.8. The Kier molecular flexibility index (Phi) is 6.02. The fourth-order valence-corrected chi connectivity index (χ4v) is 3.38. The zero-order chi connectivity index (χ0) is 20.3. The van der Waals surface area contributed by atoms with Crippen LogP contribution in [0.3, 0.4) is 0 Å². The van der Waals surface area contributed by atoms with Gasteiger partial charge in [-0.2, -0.15) is 0 Å². The van der Waals surface area contributed by atoms with Gasteiger partial charge in [-0.05, 0) is 49.6 Å². The van der Waals surface area contributed by atoms with Crippen LogP contribution in [0.2, 0.25) is 0 Å². The van der Waals surface area contributed by atoms with Crippen molar-refractivity contribution in [2.75, 3.05) is 10.6 Å². The van der Waals surface area contributed by atoms with Crippen LogP contribution < -0.4 is 10.6 Å². The molecule has 0 bridgehead atoms. The molecule has 0 aliphatic heterocycles. The van der Waals surface area contributed by atoms with Gasteiger partial charge < -0.3 is 10.6 Å². The van der Waals surface area contributed by atoms with Gasteiger partial charge in [0.25, 0.3) is 0 Å². The normalized spacial score (nSPS) is 14.1. The van der Waals surface area contributed by atoms with Crippen LogP contribution >= 0.6 is 0 Å². The van der Waals surface area contributed by atoms with E-state index in [4.69, 9.17) is 0 Å². The van der Waals surface area contributed by atoms with E-state index in [2.05, 4.69) is 10.6 Å². The van der Waals surface area contributed by atoms with Crippen LogP contribution in [0.1, 0.15) is 36.8 Å². The van der Waals surface area contributed by atoms with E-state index in [-0.39, 0.29) is 11.8 Å². The molecule has 4 nitrogen and oxygen atoms in total. The highest BCUT2D eigenvalue weighted by Gasteiger charge is 2.24. The summed E-state index contributed by atoms with van der Waals surface area (Å²) in [5, 5.41) is 5.38. The predicted octanol–water partition coefficient (Wildman–Crippen LogP) is 4.72. The van der Waals surface area contributed by atoms with Gasteiger partial charge in [-0.1, -0.05) is 18.9 Å². The number of halogens is 3. The van der Waals surface area contributed by atoms with Crippen LogP contribution in [0.4, 0.5) is 24.5 Å². The predicted molar refractivity (Wildman–Crippen MR) is 100 cm³/mol. The highest BCUT2D eigenvalue weighted by molar-refractivity contribution is 6.01. The summed E-state index contributed by atoms with van der Waals surface area (Å²) in [6.45, 7) is 1.81. The number of hydrogen-bond acceptors (Lipinski definition) is 2. The molecule has 1 saturated carbocycles. The first-order valence-electron chi connectivity index (χ1n) is 9.19. The Labute approximate surface area is 161 Å². The van der Waals surface area contributed by atoms with Crippen LogP contribution in [0.15, 0.2) is 30.3 Å². The van der Waals surface area contributed by atoms with E-state index in [1.807, 2.05) is 6.92 Å². The smallest absolute Gasteiger partial charge is 0.229 e. The summed E-state index contributed by atoms with van der Waals surface area (Å²) in [5.74, 6) is -4.48. The van der Waals surface area contributed by atoms with E-state index >= 15 is 0 Å². The van der Waals surface area contributed by atoms with Crippen LogP contribution in [-0.4, -0.2) is 11.8 Å². The third-order valence-electron chi connectivity index (χ3n) is 4.91. The molecule has 0 saturated heterocycles. The molecule has 2 amide bonds. The number of anilines is 2. The Morgan fingerprint density at radius 3 is 2.36 bits per heavy atom. The van der Waals surface area contributed by atoms with E-state index in [1.165, 1.54) is 0 Å². The molecule has 1 aliphatic rings. The molecule has 2 aromatic carbocycles. The average molecular weight is 390 g/mol. The van der Waals surface area contributed by atoms with Gasteiger partial charge in [0.15, 0.2) is 11.6 Å². The number of rotatable bonds is 5. The van der Waals surface area contributed by atoms with Gasteiger partial charge in [-0.25, -0.2) is 13.2 Å². The van der Waals surface area contributed by atoms with Gasteiger partial charge in [0, 0.05) is 11.5 Å². The number of carbonyl (C=O) groups is 2. The Bertz CT molecular complexity index is 909. The summed E-state index contributed by atoms with van der Waals surface area (Å²) in [7, 11) is 0. The molecule has 0 spiro atoms. The quantitative estimate of drug-likeness (QED) is 0.726. The van der Waals surface area contributed by atoms with E-state index in [1.54, 1.807) is 18.2 Å². The molecule has 0 heterocycles. The fourth-order valence-electron chi connectivity index (χ4n) is 3.38. The topological polar surface area (TPSA) is 58.2 Å². The van der Waals surface area contributed by atoms with Gasteiger partial charge in [0.2, 0.25) is 11.8 Å². The van der Waals surface area contributed by atoms with Gasteiger partial charge in [0.1, 0.15) is 5.82 Å². The Morgan fingerprint density at radius 1 is 0.964 bits per heavy atom. The van der Waals surface area contributed by atoms with Crippen molar-refractivity contribution in [3.63, 3.8) is 0 Å². The molecule has 3 rings (SSSR count). The van der Waals surface area contributed by atoms with Gasteiger partial charge >= 0.3 is 0 Å². The lowest BCUT2D eigenvalue weighted by molar-refractivity contribution is -0.119. The minimum Gasteiger partial charge on any atom is -0.324 e. The minimum atomic E-state index is -1.38. The van der Waals surface area contributed by atoms with E-state index in [0.29, 0.717) is 17.4 Å². The number of carbonyl (C=O) groups excluding carboxylic acids is 2. The van der Waals surface area contributed by atoms with Crippen LogP contribution in [0.25, 0.3) is 0 Å². The maximum absolute atomic E-state index is 13.8. The second-order valence-corrected chi connectivity index (χ2v) is 7.07. The lowest BCUT2D eigenvalue weighted by atomic mass is 10.1. The number of amides is 2. The summed E-state index contributed by atoms with van der Waals surface area (Å²) < 4.78 is 40.9. The van der Waals surface area contributed by atoms with Crippen LogP contribution in [0, 0.1) is 30.3 Å². The van der Waals surface area contributed by atoms with Crippen molar-refractivity contribution >= 4 is 23.2 Å². The minimum absolute atomic E-state index is 0.0552. The second-order valence-electron chi connectivity index (χ2n) is 7.07. The molecule has 0 unspecified atom stereocenters. The molecular weight excluding hydrogens is 369 g/mol. The third-order valence-corrected chi connectivity index (χ3v) is 4.91. The molecule has 28 heavy (non-hydrogen) atoms. The van der Waals surface area contributed by atoms with Gasteiger partial charge in [0.05, 0.1) is 17.8 Å². The van der Waals surface area contributed by atoms with E-state index in [9.17, 15) is 22.8 Å². The third kappa shape index (κ3) is 4.52.